The van der Waals surface area contributed by atoms with E-state index in [0.29, 0.717) is 24.5 Å². The first-order valence-electron chi connectivity index (χ1n) is 7.71. The van der Waals surface area contributed by atoms with Crippen LogP contribution >= 0.6 is 28.1 Å². The van der Waals surface area contributed by atoms with Gasteiger partial charge in [0.05, 0.1) is 12.2 Å². The van der Waals surface area contributed by atoms with Crippen molar-refractivity contribution in [3.05, 3.63) is 40.9 Å². The van der Waals surface area contributed by atoms with Crippen molar-refractivity contribution in [1.82, 2.24) is 10.6 Å². The van der Waals surface area contributed by atoms with Crippen LogP contribution in [0.2, 0.25) is 0 Å². The van der Waals surface area contributed by atoms with E-state index in [2.05, 4.69) is 40.1 Å². The van der Waals surface area contributed by atoms with E-state index in [9.17, 15) is 4.79 Å². The highest BCUT2D eigenvalue weighted by molar-refractivity contribution is 9.10. The maximum Gasteiger partial charge on any atom is 0.261 e. The molecule has 0 fully saturated rings. The van der Waals surface area contributed by atoms with Gasteiger partial charge in [-0.05, 0) is 36.8 Å². The number of rotatable bonds is 9. The summed E-state index contributed by atoms with van der Waals surface area (Å²) >= 11 is 8.44. The predicted molar refractivity (Wildman–Crippen MR) is 102 cm³/mol. The average molecular weight is 399 g/mol. The molecule has 1 aromatic carbocycles. The summed E-state index contributed by atoms with van der Waals surface area (Å²) in [4.78, 5) is 12.4. The Morgan fingerprint density at radius 3 is 2.87 bits per heavy atom. The van der Waals surface area contributed by atoms with Crippen molar-refractivity contribution in [1.29, 1.82) is 0 Å². The van der Waals surface area contributed by atoms with E-state index in [-0.39, 0.29) is 11.0 Å². The van der Waals surface area contributed by atoms with Gasteiger partial charge in [-0.3, -0.25) is 10.1 Å². The predicted octanol–water partition coefficient (Wildman–Crippen LogP) is 4.20. The van der Waals surface area contributed by atoms with Gasteiger partial charge in [-0.1, -0.05) is 48.2 Å². The fourth-order valence-corrected chi connectivity index (χ4v) is 2.43. The molecule has 1 aromatic rings. The van der Waals surface area contributed by atoms with Gasteiger partial charge in [0.15, 0.2) is 5.11 Å². The summed E-state index contributed by atoms with van der Waals surface area (Å²) in [5, 5.41) is 5.77. The Hall–Kier alpha value is -1.40. The van der Waals surface area contributed by atoms with Gasteiger partial charge in [-0.25, -0.2) is 0 Å². The highest BCUT2D eigenvalue weighted by atomic mass is 79.9. The Labute approximate surface area is 151 Å². The molecule has 23 heavy (non-hydrogen) atoms. The average Bonchev–Trinajstić information content (AvgIpc) is 2.53. The molecule has 0 heterocycles. The first-order chi connectivity index (χ1) is 11.1. The number of nitrogens with one attached hydrogen (secondary N) is 2. The Morgan fingerprint density at radius 2 is 2.17 bits per heavy atom. The lowest BCUT2D eigenvalue weighted by Gasteiger charge is -2.13. The molecule has 1 amide bonds. The summed E-state index contributed by atoms with van der Waals surface area (Å²) < 4.78 is 6.57. The number of carbonyl (C=O) groups is 1. The normalized spacial score (nSPS) is 10.0. The summed E-state index contributed by atoms with van der Waals surface area (Å²) in [6.45, 7) is 6.85. The molecule has 0 atom stereocenters. The third-order valence-electron chi connectivity index (χ3n) is 3.08. The number of amides is 1. The van der Waals surface area contributed by atoms with Crippen LogP contribution in [-0.2, 0) is 0 Å². The lowest BCUT2D eigenvalue weighted by Crippen LogP contribution is -2.39. The summed E-state index contributed by atoms with van der Waals surface area (Å²) in [6.07, 6.45) is 6.15. The van der Waals surface area contributed by atoms with Gasteiger partial charge >= 0.3 is 0 Å². The zero-order valence-electron chi connectivity index (χ0n) is 13.4. The maximum absolute atomic E-state index is 12.4. The number of unbranched alkanes of at least 4 members (excludes halogenated alkanes) is 3. The summed E-state index contributed by atoms with van der Waals surface area (Å²) in [6, 6.07) is 5.37. The second kappa shape index (κ2) is 11.2. The Kier molecular flexibility index (Phi) is 9.55. The zero-order valence-corrected chi connectivity index (χ0v) is 15.8. The minimum absolute atomic E-state index is 0.267. The Bertz CT molecular complexity index is 549. The van der Waals surface area contributed by atoms with Gasteiger partial charge in [0.25, 0.3) is 5.91 Å². The minimum atomic E-state index is -0.295. The molecule has 0 aliphatic heterocycles. The van der Waals surface area contributed by atoms with Crippen molar-refractivity contribution < 1.29 is 9.53 Å². The van der Waals surface area contributed by atoms with E-state index in [1.807, 2.05) is 6.07 Å². The van der Waals surface area contributed by atoms with E-state index < -0.39 is 0 Å². The van der Waals surface area contributed by atoms with E-state index in [1.165, 1.54) is 12.8 Å². The zero-order chi connectivity index (χ0) is 17.1. The van der Waals surface area contributed by atoms with Crippen LogP contribution in [0.1, 0.15) is 43.0 Å². The highest BCUT2D eigenvalue weighted by Crippen LogP contribution is 2.23. The van der Waals surface area contributed by atoms with Crippen LogP contribution in [0.4, 0.5) is 0 Å². The maximum atomic E-state index is 12.4. The highest BCUT2D eigenvalue weighted by Gasteiger charge is 2.14. The molecule has 0 radical (unpaired) electrons. The minimum Gasteiger partial charge on any atom is -0.493 e. The molecular weight excluding hydrogens is 376 g/mol. The molecule has 4 nitrogen and oxygen atoms in total. The van der Waals surface area contributed by atoms with Crippen molar-refractivity contribution >= 4 is 39.2 Å². The van der Waals surface area contributed by atoms with Crippen LogP contribution in [-0.4, -0.2) is 24.2 Å². The van der Waals surface area contributed by atoms with Crippen molar-refractivity contribution in [2.24, 2.45) is 0 Å². The van der Waals surface area contributed by atoms with E-state index in [1.54, 1.807) is 18.2 Å². The molecule has 0 saturated carbocycles. The van der Waals surface area contributed by atoms with Gasteiger partial charge in [-0.2, -0.15) is 0 Å². The topological polar surface area (TPSA) is 50.4 Å². The van der Waals surface area contributed by atoms with Crippen molar-refractivity contribution in [2.75, 3.05) is 13.2 Å². The smallest absolute Gasteiger partial charge is 0.261 e. The number of halogens is 1. The van der Waals surface area contributed by atoms with Gasteiger partial charge < -0.3 is 10.1 Å². The molecule has 6 heteroatoms. The molecule has 2 N–H and O–H groups in total. The molecule has 0 aliphatic rings. The molecule has 0 aliphatic carbocycles. The number of benzene rings is 1. The van der Waals surface area contributed by atoms with E-state index in [4.69, 9.17) is 17.0 Å². The van der Waals surface area contributed by atoms with Crippen LogP contribution in [0.15, 0.2) is 35.3 Å². The molecular formula is C17H23BrN2O2S. The molecule has 0 unspecified atom stereocenters. The second-order valence-corrected chi connectivity index (χ2v) is 6.33. The second-order valence-electron chi connectivity index (χ2n) is 5.00. The lowest BCUT2D eigenvalue weighted by molar-refractivity contribution is 0.0972. The lowest BCUT2D eigenvalue weighted by atomic mass is 10.2. The van der Waals surface area contributed by atoms with Gasteiger partial charge in [0.2, 0.25) is 0 Å². The number of ether oxygens (including phenoxy) is 1. The van der Waals surface area contributed by atoms with Crippen LogP contribution < -0.4 is 15.4 Å². The third-order valence-corrected chi connectivity index (χ3v) is 3.82. The van der Waals surface area contributed by atoms with Crippen LogP contribution in [0.25, 0.3) is 0 Å². The number of thiocarbonyl (C=S) groups is 1. The first-order valence-corrected chi connectivity index (χ1v) is 8.91. The fraction of sp³-hybridized carbons (Fsp3) is 0.412. The standard InChI is InChI=1S/C17H23BrN2O2S/c1-3-5-6-7-11-22-15-9-8-13(18)12-14(15)16(21)20-17(23)19-10-4-2/h4,8-9,12H,2-3,5-7,10-11H2,1H3,(H2,19,20,21,23). The van der Waals surface area contributed by atoms with Crippen molar-refractivity contribution in [2.45, 2.75) is 32.6 Å². The van der Waals surface area contributed by atoms with Crippen molar-refractivity contribution in [3.8, 4) is 5.75 Å². The molecule has 0 aromatic heterocycles. The Balaban J connectivity index is 2.67. The fourth-order valence-electron chi connectivity index (χ4n) is 1.90. The van der Waals surface area contributed by atoms with E-state index >= 15 is 0 Å². The summed E-state index contributed by atoms with van der Waals surface area (Å²) in [7, 11) is 0. The molecule has 0 spiro atoms. The van der Waals surface area contributed by atoms with Crippen molar-refractivity contribution in [3.63, 3.8) is 0 Å². The summed E-state index contributed by atoms with van der Waals surface area (Å²) in [5.74, 6) is 0.269. The van der Waals surface area contributed by atoms with Crippen LogP contribution in [0, 0.1) is 0 Å². The van der Waals surface area contributed by atoms with E-state index in [0.717, 1.165) is 17.3 Å². The summed E-state index contributed by atoms with van der Waals surface area (Å²) in [5.41, 5.74) is 0.456. The number of carbonyl (C=O) groups excluding carboxylic acids is 1. The molecule has 0 bridgehead atoms. The molecule has 0 saturated heterocycles. The molecule has 126 valence electrons. The third kappa shape index (κ3) is 7.61. The van der Waals surface area contributed by atoms with Crippen LogP contribution in [0.3, 0.4) is 0 Å². The van der Waals surface area contributed by atoms with Gasteiger partial charge in [-0.15, -0.1) is 6.58 Å². The number of hydrogen-bond acceptors (Lipinski definition) is 3. The molecule has 1 rings (SSSR count). The monoisotopic (exact) mass is 398 g/mol. The quantitative estimate of drug-likeness (QED) is 0.371. The van der Waals surface area contributed by atoms with Crippen LogP contribution in [0.5, 0.6) is 5.75 Å². The first kappa shape index (κ1) is 19.6. The number of hydrogen-bond donors (Lipinski definition) is 2. The van der Waals surface area contributed by atoms with Gasteiger partial charge in [0, 0.05) is 11.0 Å². The van der Waals surface area contributed by atoms with Gasteiger partial charge in [0.1, 0.15) is 5.75 Å². The Morgan fingerprint density at radius 1 is 1.39 bits per heavy atom. The SMILES string of the molecule is C=CCNC(=S)NC(=O)c1cc(Br)ccc1OCCCCCC. The largest absolute Gasteiger partial charge is 0.493 e.